The van der Waals surface area contributed by atoms with E-state index in [1.807, 2.05) is 0 Å². The van der Waals surface area contributed by atoms with Crippen LogP contribution in [0.4, 0.5) is 0 Å². The van der Waals surface area contributed by atoms with Crippen LogP contribution in [0.3, 0.4) is 0 Å². The molecule has 3 nitrogen and oxygen atoms in total. The minimum atomic E-state index is 0.716. The van der Waals surface area contributed by atoms with Gasteiger partial charge in [0.25, 0.3) is 0 Å². The minimum Gasteiger partial charge on any atom is -0.381 e. The molecule has 0 amide bonds. The molecule has 0 spiro atoms. The van der Waals surface area contributed by atoms with Gasteiger partial charge in [0.05, 0.1) is 6.61 Å². The van der Waals surface area contributed by atoms with E-state index in [0.29, 0.717) is 6.04 Å². The van der Waals surface area contributed by atoms with Gasteiger partial charge in [-0.05, 0) is 51.6 Å². The Hall–Kier alpha value is -0.120. The molecule has 0 aromatic heterocycles. The molecule has 94 valence electrons. The molecular weight excluding hydrogens is 200 g/mol. The van der Waals surface area contributed by atoms with Gasteiger partial charge < -0.3 is 15.0 Å². The second-order valence-electron chi connectivity index (χ2n) is 5.63. The lowest BCUT2D eigenvalue weighted by Crippen LogP contribution is -2.32. The van der Waals surface area contributed by atoms with Gasteiger partial charge >= 0.3 is 0 Å². The average molecular weight is 226 g/mol. The zero-order valence-corrected chi connectivity index (χ0v) is 10.7. The van der Waals surface area contributed by atoms with Gasteiger partial charge in [0, 0.05) is 25.7 Å². The molecule has 0 radical (unpaired) electrons. The van der Waals surface area contributed by atoms with Gasteiger partial charge in [-0.15, -0.1) is 0 Å². The first-order chi connectivity index (χ1) is 7.75. The van der Waals surface area contributed by atoms with Crippen LogP contribution in [0.1, 0.15) is 26.7 Å². The molecule has 0 saturated carbocycles. The first kappa shape index (κ1) is 12.3. The number of rotatable bonds is 5. The second-order valence-corrected chi connectivity index (χ2v) is 5.63. The van der Waals surface area contributed by atoms with Crippen molar-refractivity contribution >= 4 is 0 Å². The van der Waals surface area contributed by atoms with Crippen LogP contribution in [0.2, 0.25) is 0 Å². The number of ether oxygens (including phenoxy) is 1. The first-order valence-corrected chi connectivity index (χ1v) is 6.78. The van der Waals surface area contributed by atoms with Crippen molar-refractivity contribution < 1.29 is 4.74 Å². The van der Waals surface area contributed by atoms with Crippen molar-refractivity contribution in [3.8, 4) is 0 Å². The van der Waals surface area contributed by atoms with Crippen LogP contribution in [0.5, 0.6) is 0 Å². The Labute approximate surface area is 99.5 Å². The third kappa shape index (κ3) is 3.44. The monoisotopic (exact) mass is 226 g/mol. The molecule has 0 aromatic rings. The Bertz CT molecular complexity index is 202. The maximum atomic E-state index is 5.38. The fourth-order valence-electron chi connectivity index (χ4n) is 2.73. The molecule has 2 atom stereocenters. The van der Waals surface area contributed by atoms with Crippen LogP contribution < -0.4 is 5.32 Å². The number of hydrogen-bond donors (Lipinski definition) is 1. The lowest BCUT2D eigenvalue weighted by Gasteiger charge is -2.20. The molecule has 3 heteroatoms. The van der Waals surface area contributed by atoms with E-state index >= 15 is 0 Å². The highest BCUT2D eigenvalue weighted by molar-refractivity contribution is 4.79. The third-order valence-electron chi connectivity index (χ3n) is 3.94. The van der Waals surface area contributed by atoms with Crippen molar-refractivity contribution in [3.63, 3.8) is 0 Å². The van der Waals surface area contributed by atoms with Crippen molar-refractivity contribution in [1.29, 1.82) is 0 Å². The SMILES string of the molecule is CC(C)N1CCC(CNCC2CCOC2)C1. The van der Waals surface area contributed by atoms with E-state index in [4.69, 9.17) is 4.74 Å². The summed E-state index contributed by atoms with van der Waals surface area (Å²) in [5.41, 5.74) is 0. The summed E-state index contributed by atoms with van der Waals surface area (Å²) in [6.07, 6.45) is 2.61. The highest BCUT2D eigenvalue weighted by Crippen LogP contribution is 2.18. The van der Waals surface area contributed by atoms with Gasteiger partial charge in [0.15, 0.2) is 0 Å². The van der Waals surface area contributed by atoms with Gasteiger partial charge in [-0.3, -0.25) is 0 Å². The van der Waals surface area contributed by atoms with Gasteiger partial charge in [-0.25, -0.2) is 0 Å². The van der Waals surface area contributed by atoms with Gasteiger partial charge in [-0.1, -0.05) is 0 Å². The topological polar surface area (TPSA) is 24.5 Å². The fraction of sp³-hybridized carbons (Fsp3) is 1.00. The Balaban J connectivity index is 1.57. The van der Waals surface area contributed by atoms with Crippen molar-refractivity contribution in [2.24, 2.45) is 11.8 Å². The van der Waals surface area contributed by atoms with Crippen LogP contribution >= 0.6 is 0 Å². The molecule has 2 heterocycles. The van der Waals surface area contributed by atoms with E-state index in [0.717, 1.165) is 31.6 Å². The van der Waals surface area contributed by atoms with Crippen LogP contribution in [-0.4, -0.2) is 50.3 Å². The maximum Gasteiger partial charge on any atom is 0.0507 e. The first-order valence-electron chi connectivity index (χ1n) is 6.78. The highest BCUT2D eigenvalue weighted by atomic mass is 16.5. The van der Waals surface area contributed by atoms with Gasteiger partial charge in [0.1, 0.15) is 0 Å². The van der Waals surface area contributed by atoms with E-state index in [-0.39, 0.29) is 0 Å². The van der Waals surface area contributed by atoms with Gasteiger partial charge in [-0.2, -0.15) is 0 Å². The normalized spacial score (nSPS) is 31.7. The Kier molecular flexibility index (Phi) is 4.62. The van der Waals surface area contributed by atoms with Crippen molar-refractivity contribution in [3.05, 3.63) is 0 Å². The summed E-state index contributed by atoms with van der Waals surface area (Å²) >= 11 is 0. The van der Waals surface area contributed by atoms with Crippen molar-refractivity contribution in [2.45, 2.75) is 32.7 Å². The molecule has 2 aliphatic rings. The number of nitrogens with one attached hydrogen (secondary N) is 1. The lowest BCUT2D eigenvalue weighted by molar-refractivity contribution is 0.185. The number of likely N-dealkylation sites (tertiary alicyclic amines) is 1. The largest absolute Gasteiger partial charge is 0.381 e. The molecular formula is C13H26N2O. The smallest absolute Gasteiger partial charge is 0.0507 e. The van der Waals surface area contributed by atoms with E-state index in [1.165, 1.54) is 32.5 Å². The molecule has 2 fully saturated rings. The van der Waals surface area contributed by atoms with E-state index < -0.39 is 0 Å². The molecule has 16 heavy (non-hydrogen) atoms. The minimum absolute atomic E-state index is 0.716. The molecule has 2 rings (SSSR count). The summed E-state index contributed by atoms with van der Waals surface area (Å²) < 4.78 is 5.38. The predicted octanol–water partition coefficient (Wildman–Crippen LogP) is 1.34. The number of hydrogen-bond acceptors (Lipinski definition) is 3. The quantitative estimate of drug-likeness (QED) is 0.766. The molecule has 0 bridgehead atoms. The standard InChI is InChI=1S/C13H26N2O/c1-11(2)15-5-3-12(9-15)7-14-8-13-4-6-16-10-13/h11-14H,3-10H2,1-2H3. The van der Waals surface area contributed by atoms with E-state index in [2.05, 4.69) is 24.1 Å². The Morgan fingerprint density at radius 1 is 1.25 bits per heavy atom. The van der Waals surface area contributed by atoms with Crippen molar-refractivity contribution in [2.75, 3.05) is 39.4 Å². The highest BCUT2D eigenvalue weighted by Gasteiger charge is 2.24. The maximum absolute atomic E-state index is 5.38. The second kappa shape index (κ2) is 5.99. The van der Waals surface area contributed by atoms with Crippen LogP contribution in [0.25, 0.3) is 0 Å². The lowest BCUT2D eigenvalue weighted by atomic mass is 10.1. The van der Waals surface area contributed by atoms with Crippen LogP contribution in [0, 0.1) is 11.8 Å². The Morgan fingerprint density at radius 3 is 2.69 bits per heavy atom. The molecule has 1 N–H and O–H groups in total. The summed E-state index contributed by atoms with van der Waals surface area (Å²) in [5.74, 6) is 1.63. The van der Waals surface area contributed by atoms with Crippen LogP contribution in [-0.2, 0) is 4.74 Å². The summed E-state index contributed by atoms with van der Waals surface area (Å²) in [6, 6.07) is 0.716. The molecule has 0 aliphatic carbocycles. The Morgan fingerprint density at radius 2 is 2.06 bits per heavy atom. The number of nitrogens with zero attached hydrogens (tertiary/aromatic N) is 1. The summed E-state index contributed by atoms with van der Waals surface area (Å²) in [7, 11) is 0. The van der Waals surface area contributed by atoms with Crippen LogP contribution in [0.15, 0.2) is 0 Å². The average Bonchev–Trinajstić information content (AvgIpc) is 2.87. The zero-order valence-electron chi connectivity index (χ0n) is 10.7. The van der Waals surface area contributed by atoms with E-state index in [1.54, 1.807) is 0 Å². The van der Waals surface area contributed by atoms with Crippen molar-refractivity contribution in [1.82, 2.24) is 10.2 Å². The zero-order chi connectivity index (χ0) is 11.4. The molecule has 2 saturated heterocycles. The predicted molar refractivity (Wildman–Crippen MR) is 66.6 cm³/mol. The summed E-state index contributed by atoms with van der Waals surface area (Å²) in [6.45, 7) is 11.4. The summed E-state index contributed by atoms with van der Waals surface area (Å²) in [4.78, 5) is 2.59. The molecule has 0 aromatic carbocycles. The molecule has 2 unspecified atom stereocenters. The van der Waals surface area contributed by atoms with Gasteiger partial charge in [0.2, 0.25) is 0 Å². The fourth-order valence-corrected chi connectivity index (χ4v) is 2.73. The summed E-state index contributed by atoms with van der Waals surface area (Å²) in [5, 5.41) is 3.62. The van der Waals surface area contributed by atoms with E-state index in [9.17, 15) is 0 Å². The third-order valence-corrected chi connectivity index (χ3v) is 3.94. The molecule has 2 aliphatic heterocycles.